The van der Waals surface area contributed by atoms with Crippen molar-refractivity contribution in [3.8, 4) is 0 Å². The maximum Gasteiger partial charge on any atom is 0.307 e. The Hall–Kier alpha value is -3.19. The normalized spacial score (nSPS) is 12.0. The molecule has 0 atom stereocenters. The zero-order valence-electron chi connectivity index (χ0n) is 15.8. The van der Waals surface area contributed by atoms with E-state index in [0.29, 0.717) is 10.9 Å². The number of aliphatic carboxylic acids is 1. The van der Waals surface area contributed by atoms with Crippen molar-refractivity contribution in [1.82, 2.24) is 3.97 Å². The van der Waals surface area contributed by atoms with Crippen molar-refractivity contribution in [2.24, 2.45) is 0 Å². The van der Waals surface area contributed by atoms with E-state index in [1.165, 1.54) is 25.1 Å². The minimum Gasteiger partial charge on any atom is -0.481 e. The molecular weight excluding hydrogens is 393 g/mol. The van der Waals surface area contributed by atoms with Crippen LogP contribution in [0, 0.1) is 19.7 Å². The van der Waals surface area contributed by atoms with Crippen LogP contribution in [0.4, 0.5) is 4.39 Å². The monoisotopic (exact) mass is 411 g/mol. The van der Waals surface area contributed by atoms with E-state index < -0.39 is 28.2 Å². The fourth-order valence-corrected chi connectivity index (χ4v) is 5.43. The first-order valence-electron chi connectivity index (χ1n) is 8.97. The third-order valence-corrected chi connectivity index (χ3v) is 7.03. The van der Waals surface area contributed by atoms with Crippen molar-refractivity contribution in [3.05, 3.63) is 77.2 Å². The molecule has 0 aliphatic rings. The maximum absolute atomic E-state index is 14.2. The summed E-state index contributed by atoms with van der Waals surface area (Å²) in [5, 5.41) is 11.3. The lowest BCUT2D eigenvalue weighted by atomic mass is 10.0. The quantitative estimate of drug-likeness (QED) is 0.540. The lowest BCUT2D eigenvalue weighted by Gasteiger charge is -2.11. The van der Waals surface area contributed by atoms with E-state index in [1.54, 1.807) is 19.1 Å². The maximum atomic E-state index is 14.2. The molecule has 0 bridgehead atoms. The van der Waals surface area contributed by atoms with Gasteiger partial charge in [-0.2, -0.15) is 0 Å². The molecule has 0 saturated heterocycles. The van der Waals surface area contributed by atoms with Gasteiger partial charge in [-0.25, -0.2) is 16.8 Å². The van der Waals surface area contributed by atoms with Gasteiger partial charge >= 0.3 is 5.97 Å². The van der Waals surface area contributed by atoms with Crippen molar-refractivity contribution in [2.75, 3.05) is 0 Å². The Balaban J connectivity index is 2.05. The van der Waals surface area contributed by atoms with Gasteiger partial charge in [0, 0.05) is 11.1 Å². The summed E-state index contributed by atoms with van der Waals surface area (Å²) in [6.45, 7) is 3.07. The molecule has 1 heterocycles. The fraction of sp³-hybridized carbons (Fsp3) is 0.136. The van der Waals surface area contributed by atoms with E-state index in [9.17, 15) is 22.7 Å². The van der Waals surface area contributed by atoms with Gasteiger partial charge in [0.25, 0.3) is 10.0 Å². The molecular formula is C22H18FNO4S. The lowest BCUT2D eigenvalue weighted by molar-refractivity contribution is -0.136. The van der Waals surface area contributed by atoms with Gasteiger partial charge in [0.15, 0.2) is 0 Å². The first-order chi connectivity index (χ1) is 13.7. The second kappa shape index (κ2) is 6.70. The van der Waals surface area contributed by atoms with Gasteiger partial charge in [-0.05, 0) is 60.0 Å². The second-order valence-electron chi connectivity index (χ2n) is 6.98. The third kappa shape index (κ3) is 2.98. The van der Waals surface area contributed by atoms with Gasteiger partial charge in [-0.3, -0.25) is 4.79 Å². The topological polar surface area (TPSA) is 76.4 Å². The Kier molecular flexibility index (Phi) is 4.42. The minimum absolute atomic E-state index is 0.0834. The average molecular weight is 411 g/mol. The molecule has 7 heteroatoms. The van der Waals surface area contributed by atoms with Crippen LogP contribution in [0.15, 0.2) is 59.5 Å². The molecule has 0 radical (unpaired) electrons. The first kappa shape index (κ1) is 19.1. The lowest BCUT2D eigenvalue weighted by Crippen LogP contribution is -2.15. The summed E-state index contributed by atoms with van der Waals surface area (Å²) in [4.78, 5) is 11.5. The highest BCUT2D eigenvalue weighted by molar-refractivity contribution is 7.90. The fourth-order valence-electron chi connectivity index (χ4n) is 3.82. The smallest absolute Gasteiger partial charge is 0.307 e. The van der Waals surface area contributed by atoms with Gasteiger partial charge in [0.1, 0.15) is 5.82 Å². The summed E-state index contributed by atoms with van der Waals surface area (Å²) >= 11 is 0. The molecule has 3 aromatic carbocycles. The molecule has 0 amide bonds. The van der Waals surface area contributed by atoms with Gasteiger partial charge in [-0.15, -0.1) is 0 Å². The Labute approximate surface area is 167 Å². The number of nitrogens with zero attached hydrogens (tertiary/aromatic N) is 1. The molecule has 4 rings (SSSR count). The molecule has 1 aromatic heterocycles. The number of aryl methyl sites for hydroxylation is 1. The number of carboxylic acids is 1. The average Bonchev–Trinajstić information content (AvgIpc) is 2.96. The molecule has 1 N–H and O–H groups in total. The van der Waals surface area contributed by atoms with Crippen LogP contribution in [0.5, 0.6) is 0 Å². The number of aromatic nitrogens is 1. The van der Waals surface area contributed by atoms with Crippen LogP contribution >= 0.6 is 0 Å². The Morgan fingerprint density at radius 2 is 1.72 bits per heavy atom. The van der Waals surface area contributed by atoms with Gasteiger partial charge in [-0.1, -0.05) is 30.3 Å². The molecule has 148 valence electrons. The summed E-state index contributed by atoms with van der Waals surface area (Å²) < 4.78 is 42.4. The van der Waals surface area contributed by atoms with Crippen molar-refractivity contribution in [3.63, 3.8) is 0 Å². The number of hydrogen-bond donors (Lipinski definition) is 1. The molecule has 5 nitrogen and oxygen atoms in total. The standard InChI is InChI=1S/C22H18FNO4S/c1-13-19(23)9-10-20-22(13)18(12-21(25)26)14(2)24(20)29(27,28)17-8-7-15-5-3-4-6-16(15)11-17/h3-11H,12H2,1-2H3,(H,25,26). The van der Waals surface area contributed by atoms with Gasteiger partial charge in [0.2, 0.25) is 0 Å². The van der Waals surface area contributed by atoms with E-state index in [1.807, 2.05) is 24.3 Å². The first-order valence-corrected chi connectivity index (χ1v) is 10.4. The Bertz CT molecular complexity index is 1400. The number of benzene rings is 3. The van der Waals surface area contributed by atoms with E-state index in [0.717, 1.165) is 14.7 Å². The number of carboxylic acid groups (broad SMARTS) is 1. The summed E-state index contributed by atoms with van der Waals surface area (Å²) in [6, 6.07) is 14.8. The highest BCUT2D eigenvalue weighted by Crippen LogP contribution is 2.34. The molecule has 0 aliphatic heterocycles. The number of halogens is 1. The van der Waals surface area contributed by atoms with Gasteiger partial charge in [0.05, 0.1) is 16.8 Å². The molecule has 0 unspecified atom stereocenters. The third-order valence-electron chi connectivity index (χ3n) is 5.23. The van der Waals surface area contributed by atoms with E-state index in [-0.39, 0.29) is 21.7 Å². The molecule has 29 heavy (non-hydrogen) atoms. The Morgan fingerprint density at radius 3 is 2.41 bits per heavy atom. The predicted molar refractivity (Wildman–Crippen MR) is 109 cm³/mol. The summed E-state index contributed by atoms with van der Waals surface area (Å²) in [7, 11) is -4.03. The summed E-state index contributed by atoms with van der Waals surface area (Å²) in [5.41, 5.74) is 1.07. The highest BCUT2D eigenvalue weighted by atomic mass is 32.2. The van der Waals surface area contributed by atoms with Crippen LogP contribution in [-0.2, 0) is 21.2 Å². The number of carbonyl (C=O) groups is 1. The van der Waals surface area contributed by atoms with Crippen LogP contribution in [0.25, 0.3) is 21.7 Å². The van der Waals surface area contributed by atoms with E-state index in [4.69, 9.17) is 0 Å². The molecule has 0 fully saturated rings. The van der Waals surface area contributed by atoms with Crippen molar-refractivity contribution < 1.29 is 22.7 Å². The minimum atomic E-state index is -4.03. The summed E-state index contributed by atoms with van der Waals surface area (Å²) in [5.74, 6) is -1.62. The van der Waals surface area contributed by atoms with E-state index in [2.05, 4.69) is 0 Å². The second-order valence-corrected chi connectivity index (χ2v) is 8.77. The van der Waals surface area contributed by atoms with Crippen LogP contribution in [0.1, 0.15) is 16.8 Å². The van der Waals surface area contributed by atoms with Crippen LogP contribution in [0.2, 0.25) is 0 Å². The van der Waals surface area contributed by atoms with Gasteiger partial charge < -0.3 is 5.11 Å². The number of rotatable bonds is 4. The van der Waals surface area contributed by atoms with Crippen LogP contribution in [-0.4, -0.2) is 23.5 Å². The van der Waals surface area contributed by atoms with Crippen molar-refractivity contribution in [1.29, 1.82) is 0 Å². The van der Waals surface area contributed by atoms with Crippen molar-refractivity contribution in [2.45, 2.75) is 25.2 Å². The van der Waals surface area contributed by atoms with E-state index >= 15 is 0 Å². The molecule has 0 aliphatic carbocycles. The van der Waals surface area contributed by atoms with Crippen LogP contribution < -0.4 is 0 Å². The highest BCUT2D eigenvalue weighted by Gasteiger charge is 2.27. The largest absolute Gasteiger partial charge is 0.481 e. The summed E-state index contributed by atoms with van der Waals surface area (Å²) in [6.07, 6.45) is -0.396. The zero-order chi connectivity index (χ0) is 20.9. The predicted octanol–water partition coefficient (Wildman–Crippen LogP) is 4.41. The molecule has 0 spiro atoms. The molecule has 0 saturated carbocycles. The van der Waals surface area contributed by atoms with Crippen molar-refractivity contribution >= 4 is 37.7 Å². The Morgan fingerprint density at radius 1 is 1.03 bits per heavy atom. The molecule has 4 aromatic rings. The van der Waals surface area contributed by atoms with Crippen LogP contribution in [0.3, 0.4) is 0 Å². The number of fused-ring (bicyclic) bond motifs is 2. The zero-order valence-corrected chi connectivity index (χ0v) is 16.6. The SMILES string of the molecule is Cc1c(F)ccc2c1c(CC(=O)O)c(C)n2S(=O)(=O)c1ccc2ccccc2c1. The number of hydrogen-bond acceptors (Lipinski definition) is 3.